The van der Waals surface area contributed by atoms with E-state index in [0.717, 1.165) is 6.54 Å². The van der Waals surface area contributed by atoms with Crippen LogP contribution in [-0.2, 0) is 0 Å². The highest BCUT2D eigenvalue weighted by Gasteiger charge is 2.14. The SMILES string of the molecule is CNCCNC(=O)c1cc(Cl)cn1C(C)C. The van der Waals surface area contributed by atoms with Crippen molar-refractivity contribution in [1.82, 2.24) is 15.2 Å². The smallest absolute Gasteiger partial charge is 0.268 e. The zero-order valence-corrected chi connectivity index (χ0v) is 10.6. The zero-order valence-electron chi connectivity index (χ0n) is 9.88. The molecule has 0 radical (unpaired) electrons. The highest BCUT2D eigenvalue weighted by molar-refractivity contribution is 6.31. The molecule has 0 aliphatic carbocycles. The van der Waals surface area contributed by atoms with Gasteiger partial charge in [-0.1, -0.05) is 11.6 Å². The van der Waals surface area contributed by atoms with E-state index in [9.17, 15) is 4.79 Å². The second-order valence-electron chi connectivity index (χ2n) is 3.90. The molecular weight excluding hydrogens is 226 g/mol. The summed E-state index contributed by atoms with van der Waals surface area (Å²) >= 11 is 5.90. The summed E-state index contributed by atoms with van der Waals surface area (Å²) in [7, 11) is 1.85. The molecule has 1 aromatic rings. The second kappa shape index (κ2) is 5.92. The third-order valence-electron chi connectivity index (χ3n) is 2.26. The fourth-order valence-corrected chi connectivity index (χ4v) is 1.65. The number of rotatable bonds is 5. The largest absolute Gasteiger partial charge is 0.349 e. The Kier molecular flexibility index (Phi) is 4.83. The van der Waals surface area contributed by atoms with Gasteiger partial charge >= 0.3 is 0 Å². The summed E-state index contributed by atoms with van der Waals surface area (Å²) in [6.45, 7) is 5.39. The lowest BCUT2D eigenvalue weighted by atomic mass is 10.3. The van der Waals surface area contributed by atoms with Crippen LogP contribution in [0.2, 0.25) is 5.02 Å². The number of carbonyl (C=O) groups excluding carboxylic acids is 1. The fourth-order valence-electron chi connectivity index (χ4n) is 1.45. The highest BCUT2D eigenvalue weighted by atomic mass is 35.5. The lowest BCUT2D eigenvalue weighted by Gasteiger charge is -2.12. The Morgan fingerprint density at radius 3 is 2.75 bits per heavy atom. The number of aromatic nitrogens is 1. The van der Waals surface area contributed by atoms with E-state index in [1.54, 1.807) is 12.3 Å². The van der Waals surface area contributed by atoms with Gasteiger partial charge in [-0.25, -0.2) is 0 Å². The topological polar surface area (TPSA) is 46.1 Å². The molecule has 0 saturated heterocycles. The van der Waals surface area contributed by atoms with E-state index in [0.29, 0.717) is 17.3 Å². The Balaban J connectivity index is 2.74. The third kappa shape index (κ3) is 3.25. The number of hydrogen-bond donors (Lipinski definition) is 2. The first-order chi connectivity index (χ1) is 7.56. The van der Waals surface area contributed by atoms with Gasteiger partial charge in [0.25, 0.3) is 5.91 Å². The summed E-state index contributed by atoms with van der Waals surface area (Å²) in [5.74, 6) is -0.0872. The molecule has 0 bridgehead atoms. The van der Waals surface area contributed by atoms with Crippen LogP contribution in [0.3, 0.4) is 0 Å². The van der Waals surface area contributed by atoms with Crippen LogP contribution < -0.4 is 10.6 Å². The standard InChI is InChI=1S/C11H18ClN3O/c1-8(2)15-7-9(12)6-10(15)11(16)14-5-4-13-3/h6-8,13H,4-5H2,1-3H3,(H,14,16). The summed E-state index contributed by atoms with van der Waals surface area (Å²) in [5, 5.41) is 6.39. The number of nitrogens with zero attached hydrogens (tertiary/aromatic N) is 1. The van der Waals surface area contributed by atoms with Crippen LogP contribution >= 0.6 is 11.6 Å². The molecule has 2 N–H and O–H groups in total. The number of nitrogens with one attached hydrogen (secondary N) is 2. The summed E-state index contributed by atoms with van der Waals surface area (Å²) in [5.41, 5.74) is 0.608. The molecule has 0 spiro atoms. The van der Waals surface area contributed by atoms with Crippen LogP contribution in [0.5, 0.6) is 0 Å². The van der Waals surface area contributed by atoms with Gasteiger partial charge in [0.1, 0.15) is 5.69 Å². The Morgan fingerprint density at radius 2 is 2.19 bits per heavy atom. The first-order valence-corrected chi connectivity index (χ1v) is 5.74. The molecule has 0 aromatic carbocycles. The van der Waals surface area contributed by atoms with E-state index in [2.05, 4.69) is 10.6 Å². The maximum atomic E-state index is 11.8. The van der Waals surface area contributed by atoms with Crippen molar-refractivity contribution >= 4 is 17.5 Å². The van der Waals surface area contributed by atoms with Gasteiger partial charge in [-0.15, -0.1) is 0 Å². The first-order valence-electron chi connectivity index (χ1n) is 5.36. The molecule has 1 amide bonds. The van der Waals surface area contributed by atoms with E-state index in [-0.39, 0.29) is 11.9 Å². The Morgan fingerprint density at radius 1 is 1.50 bits per heavy atom. The molecule has 0 aliphatic rings. The minimum atomic E-state index is -0.0872. The molecule has 5 heteroatoms. The predicted octanol–water partition coefficient (Wildman–Crippen LogP) is 1.67. The number of amides is 1. The van der Waals surface area contributed by atoms with Gasteiger partial charge in [-0.3, -0.25) is 4.79 Å². The second-order valence-corrected chi connectivity index (χ2v) is 4.34. The molecule has 0 unspecified atom stereocenters. The molecule has 0 saturated carbocycles. The Labute approximate surface area is 101 Å². The minimum Gasteiger partial charge on any atom is -0.349 e. The number of carbonyl (C=O) groups is 1. The van der Waals surface area contributed by atoms with Gasteiger partial charge in [0, 0.05) is 25.3 Å². The molecule has 4 nitrogen and oxygen atoms in total. The van der Waals surface area contributed by atoms with Gasteiger partial charge in [0.05, 0.1) is 5.02 Å². The van der Waals surface area contributed by atoms with Crippen molar-refractivity contribution < 1.29 is 4.79 Å². The minimum absolute atomic E-state index is 0.0872. The van der Waals surface area contributed by atoms with Crippen LogP contribution in [0.1, 0.15) is 30.4 Å². The van der Waals surface area contributed by atoms with E-state index < -0.39 is 0 Å². The lowest BCUT2D eigenvalue weighted by molar-refractivity contribution is 0.0943. The van der Waals surface area contributed by atoms with Crippen molar-refractivity contribution in [3.8, 4) is 0 Å². The average molecular weight is 244 g/mol. The van der Waals surface area contributed by atoms with Crippen LogP contribution in [0.4, 0.5) is 0 Å². The van der Waals surface area contributed by atoms with E-state index >= 15 is 0 Å². The zero-order chi connectivity index (χ0) is 12.1. The summed E-state index contributed by atoms with van der Waals surface area (Å²) < 4.78 is 1.87. The summed E-state index contributed by atoms with van der Waals surface area (Å²) in [6, 6.07) is 1.91. The lowest BCUT2D eigenvalue weighted by Crippen LogP contribution is -2.31. The Hall–Kier alpha value is -1.00. The van der Waals surface area contributed by atoms with Crippen LogP contribution in [-0.4, -0.2) is 30.6 Å². The van der Waals surface area contributed by atoms with Crippen molar-refractivity contribution in [2.24, 2.45) is 0 Å². The number of likely N-dealkylation sites (N-methyl/N-ethyl adjacent to an activating group) is 1. The maximum Gasteiger partial charge on any atom is 0.268 e. The average Bonchev–Trinajstić information content (AvgIpc) is 2.61. The van der Waals surface area contributed by atoms with Crippen LogP contribution in [0, 0.1) is 0 Å². The molecule has 16 heavy (non-hydrogen) atoms. The normalized spacial score (nSPS) is 10.8. The fraction of sp³-hybridized carbons (Fsp3) is 0.545. The van der Waals surface area contributed by atoms with Gasteiger partial charge < -0.3 is 15.2 Å². The number of hydrogen-bond acceptors (Lipinski definition) is 2. The molecule has 1 rings (SSSR count). The third-order valence-corrected chi connectivity index (χ3v) is 2.47. The first kappa shape index (κ1) is 13.1. The van der Waals surface area contributed by atoms with Crippen LogP contribution in [0.25, 0.3) is 0 Å². The van der Waals surface area contributed by atoms with Gasteiger partial charge in [-0.2, -0.15) is 0 Å². The van der Waals surface area contributed by atoms with Crippen molar-refractivity contribution in [2.75, 3.05) is 20.1 Å². The van der Waals surface area contributed by atoms with Gasteiger partial charge in [0.2, 0.25) is 0 Å². The van der Waals surface area contributed by atoms with E-state index in [4.69, 9.17) is 11.6 Å². The van der Waals surface area contributed by atoms with Crippen LogP contribution in [0.15, 0.2) is 12.3 Å². The number of halogens is 1. The molecule has 0 atom stereocenters. The molecule has 90 valence electrons. The molecule has 1 aromatic heterocycles. The monoisotopic (exact) mass is 243 g/mol. The Bertz CT molecular complexity index is 360. The van der Waals surface area contributed by atoms with Crippen molar-refractivity contribution in [3.05, 3.63) is 23.0 Å². The van der Waals surface area contributed by atoms with Crippen molar-refractivity contribution in [2.45, 2.75) is 19.9 Å². The van der Waals surface area contributed by atoms with E-state index in [1.807, 2.05) is 25.5 Å². The maximum absolute atomic E-state index is 11.8. The molecule has 0 aliphatic heterocycles. The van der Waals surface area contributed by atoms with Crippen molar-refractivity contribution in [3.63, 3.8) is 0 Å². The summed E-state index contributed by atoms with van der Waals surface area (Å²) in [6.07, 6.45) is 1.78. The van der Waals surface area contributed by atoms with Gasteiger partial charge in [0.15, 0.2) is 0 Å². The summed E-state index contributed by atoms with van der Waals surface area (Å²) in [4.78, 5) is 11.8. The molecule has 0 fully saturated rings. The van der Waals surface area contributed by atoms with Gasteiger partial charge in [-0.05, 0) is 27.0 Å². The molecular formula is C11H18ClN3O. The predicted molar refractivity (Wildman–Crippen MR) is 66.1 cm³/mol. The van der Waals surface area contributed by atoms with Crippen molar-refractivity contribution in [1.29, 1.82) is 0 Å². The quantitative estimate of drug-likeness (QED) is 0.773. The van der Waals surface area contributed by atoms with E-state index in [1.165, 1.54) is 0 Å². The molecule has 1 heterocycles. The highest BCUT2D eigenvalue weighted by Crippen LogP contribution is 2.18.